The lowest BCUT2D eigenvalue weighted by atomic mass is 9.88. The third kappa shape index (κ3) is 5.17. The average molecular weight is 430 g/mol. The van der Waals surface area contributed by atoms with Gasteiger partial charge in [0.25, 0.3) is 0 Å². The van der Waals surface area contributed by atoms with Gasteiger partial charge >= 0.3 is 5.97 Å². The molecule has 3 aromatic rings. The molecule has 0 heterocycles. The standard InChI is InChI=1S/C27H27NO4/c1-19-21(18-27(29)30)9-6-12-26(19)31-15-16-32-28-25-11-5-10-23-17-22(13-14-24(23)25)20-7-3-2-4-8-20/h2-4,6-9,12-14,17H,5,10-11,15-16,18H2,1H3,(H,29,30). The van der Waals surface area contributed by atoms with Gasteiger partial charge in [-0.25, -0.2) is 0 Å². The molecule has 164 valence electrons. The van der Waals surface area contributed by atoms with E-state index >= 15 is 0 Å². The first-order valence-electron chi connectivity index (χ1n) is 10.9. The Balaban J connectivity index is 1.36. The van der Waals surface area contributed by atoms with Gasteiger partial charge in [0.1, 0.15) is 12.4 Å². The number of hydrogen-bond donors (Lipinski definition) is 1. The molecule has 5 nitrogen and oxygen atoms in total. The van der Waals surface area contributed by atoms with Crippen LogP contribution in [0.3, 0.4) is 0 Å². The lowest BCUT2D eigenvalue weighted by Gasteiger charge is -2.19. The molecule has 0 saturated heterocycles. The van der Waals surface area contributed by atoms with E-state index in [9.17, 15) is 4.79 Å². The number of nitrogens with zero attached hydrogens (tertiary/aromatic N) is 1. The molecule has 0 unspecified atom stereocenters. The molecule has 0 aliphatic heterocycles. The van der Waals surface area contributed by atoms with Gasteiger partial charge in [0.2, 0.25) is 0 Å². The first-order chi connectivity index (χ1) is 15.6. The van der Waals surface area contributed by atoms with Gasteiger partial charge in [0.15, 0.2) is 6.61 Å². The first-order valence-corrected chi connectivity index (χ1v) is 10.9. The van der Waals surface area contributed by atoms with Crippen LogP contribution in [0.5, 0.6) is 5.75 Å². The summed E-state index contributed by atoms with van der Waals surface area (Å²) < 4.78 is 5.80. The fourth-order valence-electron chi connectivity index (χ4n) is 4.05. The Kier molecular flexibility index (Phi) is 6.85. The molecule has 0 saturated carbocycles. The van der Waals surface area contributed by atoms with Crippen LogP contribution in [-0.2, 0) is 22.5 Å². The van der Waals surface area contributed by atoms with E-state index in [2.05, 4.69) is 47.6 Å². The normalized spacial score (nSPS) is 14.1. The van der Waals surface area contributed by atoms with Crippen LogP contribution in [0.2, 0.25) is 0 Å². The van der Waals surface area contributed by atoms with Crippen molar-refractivity contribution in [2.75, 3.05) is 13.2 Å². The first kappa shape index (κ1) is 21.6. The molecule has 0 radical (unpaired) electrons. The van der Waals surface area contributed by atoms with E-state index in [1.807, 2.05) is 31.2 Å². The van der Waals surface area contributed by atoms with Crippen molar-refractivity contribution in [2.45, 2.75) is 32.6 Å². The minimum absolute atomic E-state index is 0.0153. The number of aliphatic carboxylic acids is 1. The quantitative estimate of drug-likeness (QED) is 0.383. The van der Waals surface area contributed by atoms with Crippen molar-refractivity contribution in [3.05, 3.63) is 89.0 Å². The lowest BCUT2D eigenvalue weighted by molar-refractivity contribution is -0.136. The molecular weight excluding hydrogens is 402 g/mol. The number of aryl methyl sites for hydroxylation is 1. The summed E-state index contributed by atoms with van der Waals surface area (Å²) in [5, 5.41) is 13.4. The van der Waals surface area contributed by atoms with Crippen molar-refractivity contribution in [3.8, 4) is 16.9 Å². The SMILES string of the molecule is Cc1c(CC(=O)O)cccc1OCCON=C1CCCc2cc(-c3ccccc3)ccc21. The smallest absolute Gasteiger partial charge is 0.307 e. The van der Waals surface area contributed by atoms with E-state index in [-0.39, 0.29) is 6.42 Å². The highest BCUT2D eigenvalue weighted by Gasteiger charge is 2.17. The van der Waals surface area contributed by atoms with Crippen molar-refractivity contribution in [1.82, 2.24) is 0 Å². The van der Waals surface area contributed by atoms with Crippen molar-refractivity contribution < 1.29 is 19.5 Å². The summed E-state index contributed by atoms with van der Waals surface area (Å²) in [7, 11) is 0. The van der Waals surface area contributed by atoms with Crippen LogP contribution in [-0.4, -0.2) is 30.0 Å². The second-order valence-electron chi connectivity index (χ2n) is 7.92. The number of rotatable bonds is 8. The van der Waals surface area contributed by atoms with Gasteiger partial charge in [-0.05, 0) is 60.1 Å². The van der Waals surface area contributed by atoms with Crippen LogP contribution in [0.1, 0.15) is 35.1 Å². The summed E-state index contributed by atoms with van der Waals surface area (Å²) in [5.74, 6) is -0.176. The van der Waals surface area contributed by atoms with Crippen molar-refractivity contribution in [3.63, 3.8) is 0 Å². The number of carbonyl (C=O) groups is 1. The van der Waals surface area contributed by atoms with Gasteiger partial charge < -0.3 is 14.7 Å². The van der Waals surface area contributed by atoms with Crippen LogP contribution >= 0.6 is 0 Å². The summed E-state index contributed by atoms with van der Waals surface area (Å²) in [6, 6.07) is 22.4. The Morgan fingerprint density at radius 1 is 0.969 bits per heavy atom. The van der Waals surface area contributed by atoms with E-state index in [0.29, 0.717) is 19.0 Å². The largest absolute Gasteiger partial charge is 0.490 e. The van der Waals surface area contributed by atoms with Crippen molar-refractivity contribution >= 4 is 11.7 Å². The summed E-state index contributed by atoms with van der Waals surface area (Å²) in [6.07, 6.45) is 2.98. The van der Waals surface area contributed by atoms with E-state index < -0.39 is 5.97 Å². The van der Waals surface area contributed by atoms with E-state index in [0.717, 1.165) is 41.7 Å². The van der Waals surface area contributed by atoms with Gasteiger partial charge in [0.05, 0.1) is 12.1 Å². The maximum atomic E-state index is 11.0. The van der Waals surface area contributed by atoms with Crippen LogP contribution in [0.4, 0.5) is 0 Å². The van der Waals surface area contributed by atoms with E-state index in [4.69, 9.17) is 14.7 Å². The van der Waals surface area contributed by atoms with E-state index in [1.165, 1.54) is 16.7 Å². The lowest BCUT2D eigenvalue weighted by Crippen LogP contribution is -2.13. The topological polar surface area (TPSA) is 68.1 Å². The van der Waals surface area contributed by atoms with Crippen LogP contribution < -0.4 is 4.74 Å². The predicted molar refractivity (Wildman–Crippen MR) is 125 cm³/mol. The highest BCUT2D eigenvalue weighted by Crippen LogP contribution is 2.28. The van der Waals surface area contributed by atoms with Crippen LogP contribution in [0.15, 0.2) is 71.9 Å². The summed E-state index contributed by atoms with van der Waals surface area (Å²) in [4.78, 5) is 16.6. The highest BCUT2D eigenvalue weighted by atomic mass is 16.6. The zero-order valence-electron chi connectivity index (χ0n) is 18.2. The summed E-state index contributed by atoms with van der Waals surface area (Å²) >= 11 is 0. The Hall–Kier alpha value is -3.60. The number of carboxylic acids is 1. The average Bonchev–Trinajstić information content (AvgIpc) is 2.81. The van der Waals surface area contributed by atoms with Gasteiger partial charge in [0, 0.05) is 5.56 Å². The van der Waals surface area contributed by atoms with Gasteiger partial charge in [-0.3, -0.25) is 4.79 Å². The third-order valence-electron chi connectivity index (χ3n) is 5.73. The zero-order valence-corrected chi connectivity index (χ0v) is 18.2. The molecule has 32 heavy (non-hydrogen) atoms. The summed E-state index contributed by atoms with van der Waals surface area (Å²) in [6.45, 7) is 2.54. The second-order valence-corrected chi connectivity index (χ2v) is 7.92. The van der Waals surface area contributed by atoms with E-state index in [1.54, 1.807) is 0 Å². The third-order valence-corrected chi connectivity index (χ3v) is 5.73. The van der Waals surface area contributed by atoms with Gasteiger partial charge in [-0.1, -0.05) is 65.8 Å². The molecule has 0 aromatic heterocycles. The molecule has 0 bridgehead atoms. The molecule has 1 N–H and O–H groups in total. The Morgan fingerprint density at radius 3 is 2.62 bits per heavy atom. The Morgan fingerprint density at radius 2 is 1.81 bits per heavy atom. The molecule has 0 fully saturated rings. The maximum Gasteiger partial charge on any atom is 0.307 e. The summed E-state index contributed by atoms with van der Waals surface area (Å²) in [5.41, 5.74) is 7.49. The number of benzene rings is 3. The maximum absolute atomic E-state index is 11.0. The second kappa shape index (κ2) is 10.1. The number of ether oxygens (including phenoxy) is 1. The molecule has 5 heteroatoms. The predicted octanol–water partition coefficient (Wildman–Crippen LogP) is 5.43. The Labute approximate surface area is 188 Å². The number of oxime groups is 1. The molecule has 0 amide bonds. The van der Waals surface area contributed by atoms with Crippen LogP contribution in [0, 0.1) is 6.92 Å². The van der Waals surface area contributed by atoms with Gasteiger partial charge in [-0.2, -0.15) is 0 Å². The Bertz CT molecular complexity index is 1120. The fourth-order valence-corrected chi connectivity index (χ4v) is 4.05. The monoisotopic (exact) mass is 429 g/mol. The number of hydrogen-bond acceptors (Lipinski definition) is 4. The molecule has 4 rings (SSSR count). The molecule has 0 spiro atoms. The molecule has 0 atom stereocenters. The molecule has 1 aliphatic carbocycles. The minimum atomic E-state index is -0.854. The minimum Gasteiger partial charge on any atom is -0.490 e. The zero-order chi connectivity index (χ0) is 22.3. The van der Waals surface area contributed by atoms with Crippen LogP contribution in [0.25, 0.3) is 11.1 Å². The molecule has 1 aliphatic rings. The molecular formula is C27H27NO4. The van der Waals surface area contributed by atoms with Gasteiger partial charge in [-0.15, -0.1) is 0 Å². The van der Waals surface area contributed by atoms with Crippen molar-refractivity contribution in [1.29, 1.82) is 0 Å². The highest BCUT2D eigenvalue weighted by molar-refractivity contribution is 6.02. The fraction of sp³-hybridized carbons (Fsp3) is 0.259. The number of carboxylic acid groups (broad SMARTS) is 1. The van der Waals surface area contributed by atoms with Crippen molar-refractivity contribution in [2.24, 2.45) is 5.16 Å². The number of fused-ring (bicyclic) bond motifs is 1. The molecule has 3 aromatic carbocycles.